The Morgan fingerprint density at radius 3 is 2.37 bits per heavy atom. The first-order valence-electron chi connectivity index (χ1n) is 5.84. The molecule has 2 unspecified atom stereocenters. The predicted molar refractivity (Wildman–Crippen MR) is 59.6 cm³/mol. The fourth-order valence-electron chi connectivity index (χ4n) is 1.60. The molecule has 0 aromatic carbocycles. The topological polar surface area (TPSA) is 59.0 Å². The average molecular weight is 285 g/mol. The highest BCUT2D eigenvalue weighted by molar-refractivity contribution is 5.68. The van der Waals surface area contributed by atoms with Crippen LogP contribution in [0, 0.1) is 0 Å². The van der Waals surface area contributed by atoms with Crippen LogP contribution >= 0.6 is 0 Å². The maximum atomic E-state index is 12.6. The predicted octanol–water partition coefficient (Wildman–Crippen LogP) is 1.55. The third-order valence-corrected chi connectivity index (χ3v) is 2.39. The van der Waals surface area contributed by atoms with Crippen LogP contribution in [0.4, 0.5) is 18.0 Å². The van der Waals surface area contributed by atoms with E-state index >= 15 is 0 Å². The summed E-state index contributed by atoms with van der Waals surface area (Å²) in [5.74, 6) is 0. The van der Waals surface area contributed by atoms with Crippen LogP contribution in [0.1, 0.15) is 20.8 Å². The summed E-state index contributed by atoms with van der Waals surface area (Å²) in [5, 5.41) is 8.94. The molecule has 1 fully saturated rings. The zero-order chi connectivity index (χ0) is 14.8. The molecule has 1 saturated heterocycles. The SMILES string of the molecule is CC(C)(C)OC(=O)N1CC(CO)OC(C(F)(F)F)C1. The van der Waals surface area contributed by atoms with Gasteiger partial charge in [0.05, 0.1) is 25.8 Å². The van der Waals surface area contributed by atoms with Gasteiger partial charge in [0.15, 0.2) is 6.10 Å². The molecule has 1 heterocycles. The number of morpholine rings is 1. The van der Waals surface area contributed by atoms with Gasteiger partial charge in [-0.15, -0.1) is 0 Å². The Labute approximate surface area is 109 Å². The van der Waals surface area contributed by atoms with Crippen molar-refractivity contribution in [3.8, 4) is 0 Å². The van der Waals surface area contributed by atoms with Crippen molar-refractivity contribution in [1.29, 1.82) is 0 Å². The van der Waals surface area contributed by atoms with Crippen molar-refractivity contribution in [3.05, 3.63) is 0 Å². The average Bonchev–Trinajstić information content (AvgIpc) is 2.25. The molecule has 0 aromatic rings. The minimum atomic E-state index is -4.59. The van der Waals surface area contributed by atoms with E-state index in [1.54, 1.807) is 20.8 Å². The maximum Gasteiger partial charge on any atom is 0.416 e. The van der Waals surface area contributed by atoms with Gasteiger partial charge in [-0.05, 0) is 20.8 Å². The lowest BCUT2D eigenvalue weighted by atomic mass is 10.2. The van der Waals surface area contributed by atoms with Crippen LogP contribution in [0.25, 0.3) is 0 Å². The normalized spacial score (nSPS) is 25.3. The van der Waals surface area contributed by atoms with Crippen LogP contribution < -0.4 is 0 Å². The second-order valence-electron chi connectivity index (χ2n) is 5.36. The number of hydrogen-bond donors (Lipinski definition) is 1. The van der Waals surface area contributed by atoms with Gasteiger partial charge in [-0.3, -0.25) is 0 Å². The van der Waals surface area contributed by atoms with Gasteiger partial charge < -0.3 is 19.5 Å². The molecule has 1 amide bonds. The van der Waals surface area contributed by atoms with Crippen LogP contribution in [-0.2, 0) is 9.47 Å². The molecule has 0 aromatic heterocycles. The van der Waals surface area contributed by atoms with Crippen molar-refractivity contribution in [2.75, 3.05) is 19.7 Å². The number of amides is 1. The molecule has 8 heteroatoms. The molecule has 112 valence electrons. The maximum absolute atomic E-state index is 12.6. The van der Waals surface area contributed by atoms with Crippen molar-refractivity contribution in [2.24, 2.45) is 0 Å². The summed E-state index contributed by atoms with van der Waals surface area (Å²) in [5.41, 5.74) is -0.794. The van der Waals surface area contributed by atoms with E-state index in [0.29, 0.717) is 0 Å². The highest BCUT2D eigenvalue weighted by Crippen LogP contribution is 2.28. The molecule has 0 spiro atoms. The van der Waals surface area contributed by atoms with Crippen LogP contribution in [0.15, 0.2) is 0 Å². The Kier molecular flexibility index (Phi) is 4.67. The first kappa shape index (κ1) is 16.0. The van der Waals surface area contributed by atoms with Gasteiger partial charge in [0.1, 0.15) is 5.60 Å². The number of ether oxygens (including phenoxy) is 2. The number of aliphatic hydroxyl groups is 1. The molecule has 5 nitrogen and oxygen atoms in total. The van der Waals surface area contributed by atoms with Crippen LogP contribution in [-0.4, -0.2) is 59.8 Å². The van der Waals surface area contributed by atoms with Crippen LogP contribution in [0.5, 0.6) is 0 Å². The van der Waals surface area contributed by atoms with E-state index in [1.165, 1.54) is 0 Å². The quantitative estimate of drug-likeness (QED) is 0.794. The summed E-state index contributed by atoms with van der Waals surface area (Å²) in [6.45, 7) is 3.52. The fourth-order valence-corrected chi connectivity index (χ4v) is 1.60. The zero-order valence-electron chi connectivity index (χ0n) is 11.0. The molecule has 1 aliphatic heterocycles. The van der Waals surface area contributed by atoms with Crippen molar-refractivity contribution in [3.63, 3.8) is 0 Å². The molecule has 0 radical (unpaired) electrons. The largest absolute Gasteiger partial charge is 0.444 e. The van der Waals surface area contributed by atoms with Crippen molar-refractivity contribution >= 4 is 6.09 Å². The summed E-state index contributed by atoms with van der Waals surface area (Å²) < 4.78 is 47.6. The van der Waals surface area contributed by atoms with Gasteiger partial charge in [-0.25, -0.2) is 4.79 Å². The van der Waals surface area contributed by atoms with Gasteiger partial charge in [0.2, 0.25) is 0 Å². The minimum Gasteiger partial charge on any atom is -0.444 e. The number of carbonyl (C=O) groups is 1. The van der Waals surface area contributed by atoms with E-state index < -0.39 is 43.2 Å². The number of halogens is 3. The van der Waals surface area contributed by atoms with Gasteiger partial charge in [-0.2, -0.15) is 13.2 Å². The summed E-state index contributed by atoms with van der Waals surface area (Å²) >= 11 is 0. The lowest BCUT2D eigenvalue weighted by Crippen LogP contribution is -2.56. The molecule has 0 aliphatic carbocycles. The number of nitrogens with zero attached hydrogens (tertiary/aromatic N) is 1. The van der Waals surface area contributed by atoms with Crippen LogP contribution in [0.3, 0.4) is 0 Å². The number of aliphatic hydroxyl groups excluding tert-OH is 1. The molecular formula is C11H18F3NO4. The Hall–Kier alpha value is -1.02. The number of rotatable bonds is 1. The van der Waals surface area contributed by atoms with Gasteiger partial charge in [0, 0.05) is 0 Å². The summed E-state index contributed by atoms with van der Waals surface area (Å²) in [4.78, 5) is 12.7. The van der Waals surface area contributed by atoms with E-state index in [2.05, 4.69) is 4.74 Å². The number of carbonyl (C=O) groups excluding carboxylic acids is 1. The molecule has 0 saturated carbocycles. The first-order valence-corrected chi connectivity index (χ1v) is 5.84. The van der Waals surface area contributed by atoms with Crippen LogP contribution in [0.2, 0.25) is 0 Å². The standard InChI is InChI=1S/C11H18F3NO4/c1-10(2,3)19-9(17)15-4-7(6-16)18-8(5-15)11(12,13)14/h7-8,16H,4-6H2,1-3H3. The van der Waals surface area contributed by atoms with Crippen molar-refractivity contribution < 1.29 is 32.5 Å². The molecule has 2 atom stereocenters. The van der Waals surface area contributed by atoms with Crippen molar-refractivity contribution in [1.82, 2.24) is 4.90 Å². The molecule has 1 aliphatic rings. The highest BCUT2D eigenvalue weighted by atomic mass is 19.4. The lowest BCUT2D eigenvalue weighted by molar-refractivity contribution is -0.254. The summed E-state index contributed by atoms with van der Waals surface area (Å²) in [6, 6.07) is 0. The monoisotopic (exact) mass is 285 g/mol. The zero-order valence-corrected chi connectivity index (χ0v) is 11.0. The molecular weight excluding hydrogens is 267 g/mol. The molecule has 0 bridgehead atoms. The van der Waals surface area contributed by atoms with Gasteiger partial charge >= 0.3 is 12.3 Å². The third-order valence-electron chi connectivity index (χ3n) is 2.39. The molecule has 1 N–H and O–H groups in total. The van der Waals surface area contributed by atoms with E-state index in [-0.39, 0.29) is 6.54 Å². The van der Waals surface area contributed by atoms with E-state index in [1.807, 2.05) is 0 Å². The Morgan fingerprint density at radius 1 is 1.37 bits per heavy atom. The lowest BCUT2D eigenvalue weighted by Gasteiger charge is -2.38. The molecule has 1 rings (SSSR count). The number of hydrogen-bond acceptors (Lipinski definition) is 4. The fraction of sp³-hybridized carbons (Fsp3) is 0.909. The second kappa shape index (κ2) is 5.54. The number of alkyl halides is 3. The Morgan fingerprint density at radius 2 is 1.95 bits per heavy atom. The Balaban J connectivity index is 2.75. The van der Waals surface area contributed by atoms with Crippen molar-refractivity contribution in [2.45, 2.75) is 44.8 Å². The van der Waals surface area contributed by atoms with E-state index in [0.717, 1.165) is 4.90 Å². The highest BCUT2D eigenvalue weighted by Gasteiger charge is 2.47. The van der Waals surface area contributed by atoms with Gasteiger partial charge in [0.25, 0.3) is 0 Å². The Bertz CT molecular complexity index is 327. The first-order chi connectivity index (χ1) is 8.53. The third kappa shape index (κ3) is 4.87. The minimum absolute atomic E-state index is 0.127. The molecule has 19 heavy (non-hydrogen) atoms. The smallest absolute Gasteiger partial charge is 0.416 e. The second-order valence-corrected chi connectivity index (χ2v) is 5.36. The van der Waals surface area contributed by atoms with Gasteiger partial charge in [-0.1, -0.05) is 0 Å². The van der Waals surface area contributed by atoms with E-state index in [9.17, 15) is 18.0 Å². The summed E-state index contributed by atoms with van der Waals surface area (Å²) in [6.07, 6.45) is -8.60. The summed E-state index contributed by atoms with van der Waals surface area (Å²) in [7, 11) is 0. The van der Waals surface area contributed by atoms with E-state index in [4.69, 9.17) is 9.84 Å².